The first kappa shape index (κ1) is 14.6. The van der Waals surface area contributed by atoms with Crippen LogP contribution in [0.1, 0.15) is 23.8 Å². The maximum Gasteiger partial charge on any atom is 0.355 e. The Kier molecular flexibility index (Phi) is 4.77. The number of carbonyl (C=O) groups excluding carboxylic acids is 1. The molecule has 0 aliphatic heterocycles. The number of nitrogens with two attached hydrogens (primary N) is 1. The maximum absolute atomic E-state index is 11.6. The van der Waals surface area contributed by atoms with Gasteiger partial charge in [0.2, 0.25) is 0 Å². The Labute approximate surface area is 107 Å². The van der Waals surface area contributed by atoms with Gasteiger partial charge in [-0.2, -0.15) is 0 Å². The molecule has 0 unspecified atom stereocenters. The number of rotatable bonds is 6. The quantitative estimate of drug-likeness (QED) is 0.605. The van der Waals surface area contributed by atoms with Gasteiger partial charge in [0.25, 0.3) is 0 Å². The minimum Gasteiger partial charge on any atom is -0.461 e. The van der Waals surface area contributed by atoms with E-state index in [1.54, 1.807) is 24.7 Å². The highest BCUT2D eigenvalue weighted by Gasteiger charge is 2.13. The Hall–Kier alpha value is -1.50. The molecule has 0 spiro atoms. The van der Waals surface area contributed by atoms with Crippen LogP contribution in [0.25, 0.3) is 0 Å². The van der Waals surface area contributed by atoms with Crippen LogP contribution >= 0.6 is 0 Å². The predicted octanol–water partition coefficient (Wildman–Crippen LogP) is 0.589. The molecule has 1 rings (SSSR count). The number of hydrogen-bond donors (Lipinski definition) is 1. The molecule has 0 saturated heterocycles. The summed E-state index contributed by atoms with van der Waals surface area (Å²) in [5, 5.41) is 0. The molecule has 7 heteroatoms. The molecule has 1 heterocycles. The molecule has 102 valence electrons. The van der Waals surface area contributed by atoms with Crippen molar-refractivity contribution in [3.63, 3.8) is 0 Å². The number of anilines is 1. The highest BCUT2D eigenvalue weighted by Crippen LogP contribution is 2.10. The van der Waals surface area contributed by atoms with Crippen LogP contribution in [0.2, 0.25) is 0 Å². The van der Waals surface area contributed by atoms with Gasteiger partial charge < -0.3 is 15.0 Å². The van der Waals surface area contributed by atoms with E-state index in [0.29, 0.717) is 17.8 Å². The van der Waals surface area contributed by atoms with E-state index < -0.39 is 15.8 Å². The minimum atomic E-state index is -3.00. The third-order valence-corrected chi connectivity index (χ3v) is 4.30. The molecular formula is C11H18N2O4S. The van der Waals surface area contributed by atoms with Gasteiger partial charge in [-0.3, -0.25) is 0 Å². The number of esters is 1. The van der Waals surface area contributed by atoms with Gasteiger partial charge in [0.05, 0.1) is 18.0 Å². The first-order chi connectivity index (χ1) is 8.35. The Morgan fingerprint density at radius 1 is 1.50 bits per heavy atom. The molecule has 0 radical (unpaired) electrons. The zero-order valence-electron chi connectivity index (χ0n) is 10.5. The minimum absolute atomic E-state index is 0.0338. The molecule has 0 saturated carbocycles. The lowest BCUT2D eigenvalue weighted by Crippen LogP contribution is -2.14. The molecular weight excluding hydrogens is 256 g/mol. The van der Waals surface area contributed by atoms with Gasteiger partial charge in [-0.15, -0.1) is 0 Å². The van der Waals surface area contributed by atoms with Crippen LogP contribution in [0, 0.1) is 0 Å². The molecule has 0 fully saturated rings. The Morgan fingerprint density at radius 3 is 2.67 bits per heavy atom. The standard InChI is InChI=1S/C11H18N2O4S/c1-3-18(15,16)6-4-5-17-11(14)10-7-9(12)8-13(10)2/h7-8H,3-6,12H2,1-2H3. The van der Waals surface area contributed by atoms with E-state index in [1.165, 1.54) is 6.07 Å². The fourth-order valence-corrected chi connectivity index (χ4v) is 2.30. The van der Waals surface area contributed by atoms with Crippen LogP contribution in [-0.2, 0) is 21.6 Å². The Bertz CT molecular complexity index is 519. The van der Waals surface area contributed by atoms with Crippen molar-refractivity contribution in [2.75, 3.05) is 23.8 Å². The van der Waals surface area contributed by atoms with Crippen molar-refractivity contribution < 1.29 is 17.9 Å². The summed E-state index contributed by atoms with van der Waals surface area (Å²) >= 11 is 0. The van der Waals surface area contributed by atoms with Crippen LogP contribution in [0.3, 0.4) is 0 Å². The van der Waals surface area contributed by atoms with Crippen LogP contribution in [0.15, 0.2) is 12.3 Å². The summed E-state index contributed by atoms with van der Waals surface area (Å²) in [4.78, 5) is 11.6. The number of nitrogen functional groups attached to an aromatic ring is 1. The average molecular weight is 274 g/mol. The highest BCUT2D eigenvalue weighted by atomic mass is 32.2. The molecule has 0 atom stereocenters. The fraction of sp³-hybridized carbons (Fsp3) is 0.545. The van der Waals surface area contributed by atoms with E-state index in [-0.39, 0.29) is 18.1 Å². The first-order valence-corrected chi connectivity index (χ1v) is 7.47. The van der Waals surface area contributed by atoms with Crippen molar-refractivity contribution in [3.05, 3.63) is 18.0 Å². The van der Waals surface area contributed by atoms with E-state index in [9.17, 15) is 13.2 Å². The van der Waals surface area contributed by atoms with Crippen LogP contribution in [0.4, 0.5) is 5.69 Å². The van der Waals surface area contributed by atoms with Crippen molar-refractivity contribution in [1.29, 1.82) is 0 Å². The van der Waals surface area contributed by atoms with E-state index in [4.69, 9.17) is 10.5 Å². The summed E-state index contributed by atoms with van der Waals surface area (Å²) in [5.74, 6) is -0.357. The van der Waals surface area contributed by atoms with Crippen LogP contribution < -0.4 is 5.73 Å². The Balaban J connectivity index is 2.41. The molecule has 0 aliphatic carbocycles. The van der Waals surface area contributed by atoms with E-state index in [0.717, 1.165) is 0 Å². The van der Waals surface area contributed by atoms with Gasteiger partial charge in [0, 0.05) is 19.0 Å². The molecule has 6 nitrogen and oxygen atoms in total. The molecule has 2 N–H and O–H groups in total. The number of carbonyl (C=O) groups is 1. The summed E-state index contributed by atoms with van der Waals surface area (Å²) in [6.45, 7) is 1.68. The van der Waals surface area contributed by atoms with E-state index in [1.807, 2.05) is 0 Å². The lowest BCUT2D eigenvalue weighted by Gasteiger charge is -2.05. The number of aryl methyl sites for hydroxylation is 1. The summed E-state index contributed by atoms with van der Waals surface area (Å²) in [6.07, 6.45) is 1.92. The van der Waals surface area contributed by atoms with Gasteiger partial charge in [-0.25, -0.2) is 13.2 Å². The zero-order valence-corrected chi connectivity index (χ0v) is 11.4. The number of sulfone groups is 1. The van der Waals surface area contributed by atoms with Gasteiger partial charge in [0.1, 0.15) is 15.5 Å². The molecule has 1 aromatic heterocycles. The number of aromatic nitrogens is 1. The second kappa shape index (κ2) is 5.90. The number of ether oxygens (including phenoxy) is 1. The van der Waals surface area contributed by atoms with Crippen molar-refractivity contribution in [2.24, 2.45) is 7.05 Å². The first-order valence-electron chi connectivity index (χ1n) is 5.65. The second-order valence-corrected chi connectivity index (χ2v) is 6.47. The summed E-state index contributed by atoms with van der Waals surface area (Å²) in [7, 11) is -1.31. The van der Waals surface area contributed by atoms with Gasteiger partial charge in [-0.1, -0.05) is 6.92 Å². The van der Waals surface area contributed by atoms with Crippen molar-refractivity contribution in [3.8, 4) is 0 Å². The normalized spacial score (nSPS) is 11.4. The van der Waals surface area contributed by atoms with Crippen molar-refractivity contribution in [1.82, 2.24) is 4.57 Å². The summed E-state index contributed by atoms with van der Waals surface area (Å²) < 4.78 is 29.0. The molecule has 0 amide bonds. The predicted molar refractivity (Wildman–Crippen MR) is 69.1 cm³/mol. The van der Waals surface area contributed by atoms with Crippen molar-refractivity contribution >= 4 is 21.5 Å². The van der Waals surface area contributed by atoms with Crippen molar-refractivity contribution in [2.45, 2.75) is 13.3 Å². The molecule has 0 aliphatic rings. The SMILES string of the molecule is CCS(=O)(=O)CCCOC(=O)c1cc(N)cn1C. The average Bonchev–Trinajstić information content (AvgIpc) is 2.64. The number of hydrogen-bond acceptors (Lipinski definition) is 5. The van der Waals surface area contributed by atoms with Crippen LogP contribution in [-0.4, -0.2) is 37.1 Å². The molecule has 18 heavy (non-hydrogen) atoms. The van der Waals surface area contributed by atoms with E-state index >= 15 is 0 Å². The van der Waals surface area contributed by atoms with E-state index in [2.05, 4.69) is 0 Å². The van der Waals surface area contributed by atoms with Gasteiger partial charge >= 0.3 is 5.97 Å². The molecule has 1 aromatic rings. The third-order valence-electron chi connectivity index (χ3n) is 2.51. The largest absolute Gasteiger partial charge is 0.461 e. The maximum atomic E-state index is 11.6. The lowest BCUT2D eigenvalue weighted by atomic mass is 10.4. The van der Waals surface area contributed by atoms with Gasteiger partial charge in [-0.05, 0) is 12.5 Å². The number of nitrogens with zero attached hydrogens (tertiary/aromatic N) is 1. The highest BCUT2D eigenvalue weighted by molar-refractivity contribution is 7.91. The topological polar surface area (TPSA) is 91.4 Å². The summed E-state index contributed by atoms with van der Waals surface area (Å²) in [5.41, 5.74) is 6.38. The fourth-order valence-electron chi connectivity index (χ4n) is 1.46. The summed E-state index contributed by atoms with van der Waals surface area (Å²) in [6, 6.07) is 1.52. The molecule has 0 bridgehead atoms. The second-order valence-electron chi connectivity index (χ2n) is 4.00. The monoisotopic (exact) mass is 274 g/mol. The molecule has 0 aromatic carbocycles. The van der Waals surface area contributed by atoms with Gasteiger partial charge in [0.15, 0.2) is 0 Å². The third kappa shape index (κ3) is 4.06. The smallest absolute Gasteiger partial charge is 0.355 e. The zero-order chi connectivity index (χ0) is 13.8. The lowest BCUT2D eigenvalue weighted by molar-refractivity contribution is 0.0494. The Morgan fingerprint density at radius 2 is 2.17 bits per heavy atom. The van der Waals surface area contributed by atoms with Crippen LogP contribution in [0.5, 0.6) is 0 Å².